The predicted octanol–water partition coefficient (Wildman–Crippen LogP) is 3.73. The first-order valence-corrected chi connectivity index (χ1v) is 11.9. The number of para-hydroxylation sites is 1. The molecule has 6 nitrogen and oxygen atoms in total. The molecular weight excluding hydrogens is 414 g/mol. The lowest BCUT2D eigenvalue weighted by atomic mass is 10.0. The van der Waals surface area contributed by atoms with Crippen LogP contribution < -0.4 is 10.1 Å². The molecule has 1 aliphatic heterocycles. The minimum absolute atomic E-state index is 0.0297. The molecule has 0 radical (unpaired) electrons. The standard InChI is InChI=1S/C27H31N3O3/c1-2-33-22-9-7-18(8-10-22)26-15-24(23-5-3-4-6-25(23)29-26)27(32)28-21-13-19-16-30(11-12-31)17-20(19)14-21/h3-10,15,19-21,31H,2,11-14,16-17H2,1H3,(H,28,32)/t19-,20+,21?. The van der Waals surface area contributed by atoms with Crippen molar-refractivity contribution < 1.29 is 14.6 Å². The molecule has 6 heteroatoms. The molecule has 2 N–H and O–H groups in total. The molecule has 1 amide bonds. The quantitative estimate of drug-likeness (QED) is 0.580. The normalized spacial score (nSPS) is 22.4. The van der Waals surface area contributed by atoms with Gasteiger partial charge in [0.1, 0.15) is 5.75 Å². The van der Waals surface area contributed by atoms with Gasteiger partial charge in [-0.1, -0.05) is 18.2 Å². The number of β-amino-alcohol motifs (C(OH)–C–C–N with tert-alkyl or cyclic N) is 1. The van der Waals surface area contributed by atoms with Crippen molar-refractivity contribution in [3.8, 4) is 17.0 Å². The molecule has 3 atom stereocenters. The summed E-state index contributed by atoms with van der Waals surface area (Å²) in [5.41, 5.74) is 3.22. The largest absolute Gasteiger partial charge is 0.494 e. The molecule has 1 saturated carbocycles. The smallest absolute Gasteiger partial charge is 0.252 e. The van der Waals surface area contributed by atoms with Crippen LogP contribution in [-0.4, -0.2) is 59.8 Å². The van der Waals surface area contributed by atoms with Gasteiger partial charge >= 0.3 is 0 Å². The predicted molar refractivity (Wildman–Crippen MR) is 129 cm³/mol. The Labute approximate surface area is 194 Å². The number of hydrogen-bond donors (Lipinski definition) is 2. The molecule has 1 aliphatic carbocycles. The number of carbonyl (C=O) groups excluding carboxylic acids is 1. The summed E-state index contributed by atoms with van der Waals surface area (Å²) >= 11 is 0. The van der Waals surface area contributed by atoms with Crippen molar-refractivity contribution in [3.05, 3.63) is 60.2 Å². The molecule has 1 unspecified atom stereocenters. The molecular formula is C27H31N3O3. The van der Waals surface area contributed by atoms with E-state index in [0.29, 0.717) is 24.0 Å². The number of aliphatic hydroxyl groups is 1. The highest BCUT2D eigenvalue weighted by molar-refractivity contribution is 6.07. The Morgan fingerprint density at radius 2 is 1.85 bits per heavy atom. The second-order valence-electron chi connectivity index (χ2n) is 9.17. The van der Waals surface area contributed by atoms with Crippen molar-refractivity contribution in [1.82, 2.24) is 15.2 Å². The number of benzene rings is 2. The van der Waals surface area contributed by atoms with Gasteiger partial charge in [-0.15, -0.1) is 0 Å². The van der Waals surface area contributed by atoms with Crippen molar-refractivity contribution in [1.29, 1.82) is 0 Å². The number of likely N-dealkylation sites (tertiary alicyclic amines) is 1. The van der Waals surface area contributed by atoms with E-state index in [0.717, 1.165) is 60.4 Å². The van der Waals surface area contributed by atoms with Crippen LogP contribution in [0, 0.1) is 11.8 Å². The fraction of sp³-hybridized carbons (Fsp3) is 0.407. The maximum absolute atomic E-state index is 13.4. The lowest BCUT2D eigenvalue weighted by molar-refractivity contribution is 0.0936. The Kier molecular flexibility index (Phi) is 6.29. The zero-order valence-corrected chi connectivity index (χ0v) is 19.0. The van der Waals surface area contributed by atoms with Gasteiger partial charge < -0.3 is 20.1 Å². The van der Waals surface area contributed by atoms with Gasteiger partial charge in [-0.25, -0.2) is 4.98 Å². The molecule has 2 heterocycles. The summed E-state index contributed by atoms with van der Waals surface area (Å²) in [7, 11) is 0. The first-order chi connectivity index (χ1) is 16.1. The molecule has 0 bridgehead atoms. The molecule has 172 valence electrons. The molecule has 2 aliphatic rings. The van der Waals surface area contributed by atoms with Crippen molar-refractivity contribution in [2.45, 2.75) is 25.8 Å². The SMILES string of the molecule is CCOc1ccc(-c2cc(C(=O)NC3C[C@@H]4CN(CCO)C[C@@H]4C3)c3ccccc3n2)cc1. The van der Waals surface area contributed by atoms with E-state index in [-0.39, 0.29) is 18.6 Å². The van der Waals surface area contributed by atoms with Gasteiger partial charge in [0.25, 0.3) is 5.91 Å². The minimum Gasteiger partial charge on any atom is -0.494 e. The van der Waals surface area contributed by atoms with E-state index in [1.165, 1.54) is 0 Å². The number of hydrogen-bond acceptors (Lipinski definition) is 5. The third-order valence-electron chi connectivity index (χ3n) is 7.00. The molecule has 3 aromatic rings. The second-order valence-corrected chi connectivity index (χ2v) is 9.17. The zero-order chi connectivity index (χ0) is 22.8. The van der Waals surface area contributed by atoms with Crippen LogP contribution in [0.2, 0.25) is 0 Å². The number of carbonyl (C=O) groups is 1. The number of pyridine rings is 1. The summed E-state index contributed by atoms with van der Waals surface area (Å²) in [4.78, 5) is 20.6. The van der Waals surface area contributed by atoms with Gasteiger partial charge in [0, 0.05) is 36.6 Å². The van der Waals surface area contributed by atoms with Gasteiger partial charge in [0.05, 0.1) is 30.0 Å². The van der Waals surface area contributed by atoms with E-state index < -0.39 is 0 Å². The molecule has 5 rings (SSSR count). The first kappa shape index (κ1) is 21.9. The molecule has 33 heavy (non-hydrogen) atoms. The highest BCUT2D eigenvalue weighted by Gasteiger charge is 2.41. The molecule has 2 fully saturated rings. The lowest BCUT2D eigenvalue weighted by Crippen LogP contribution is -2.35. The number of amides is 1. The summed E-state index contributed by atoms with van der Waals surface area (Å²) in [6.45, 7) is 5.61. The fourth-order valence-corrected chi connectivity index (χ4v) is 5.50. The van der Waals surface area contributed by atoms with Gasteiger partial charge in [-0.2, -0.15) is 0 Å². The van der Waals surface area contributed by atoms with E-state index in [9.17, 15) is 9.90 Å². The Balaban J connectivity index is 1.37. The Bertz CT molecular complexity index is 1120. The number of aromatic nitrogens is 1. The van der Waals surface area contributed by atoms with Gasteiger partial charge in [-0.3, -0.25) is 4.79 Å². The summed E-state index contributed by atoms with van der Waals surface area (Å²) in [6.07, 6.45) is 2.01. The van der Waals surface area contributed by atoms with Crippen LogP contribution in [0.25, 0.3) is 22.2 Å². The first-order valence-electron chi connectivity index (χ1n) is 11.9. The van der Waals surface area contributed by atoms with Crippen molar-refractivity contribution in [3.63, 3.8) is 0 Å². The van der Waals surface area contributed by atoms with E-state index >= 15 is 0 Å². The van der Waals surface area contributed by atoms with Crippen LogP contribution in [0.15, 0.2) is 54.6 Å². The average Bonchev–Trinajstić information content (AvgIpc) is 3.37. The van der Waals surface area contributed by atoms with Gasteiger partial charge in [0.2, 0.25) is 0 Å². The van der Waals surface area contributed by atoms with Crippen LogP contribution >= 0.6 is 0 Å². The van der Waals surface area contributed by atoms with Crippen LogP contribution in [-0.2, 0) is 0 Å². The molecule has 0 spiro atoms. The number of nitrogens with one attached hydrogen (secondary N) is 1. The Morgan fingerprint density at radius 3 is 2.55 bits per heavy atom. The monoisotopic (exact) mass is 445 g/mol. The highest BCUT2D eigenvalue weighted by Crippen LogP contribution is 2.38. The third kappa shape index (κ3) is 4.59. The maximum Gasteiger partial charge on any atom is 0.252 e. The number of rotatable bonds is 7. The Hall–Kier alpha value is -2.96. The van der Waals surface area contributed by atoms with E-state index in [4.69, 9.17) is 9.72 Å². The van der Waals surface area contributed by atoms with Gasteiger partial charge in [0.15, 0.2) is 0 Å². The molecule has 1 aromatic heterocycles. The molecule has 1 saturated heterocycles. The highest BCUT2D eigenvalue weighted by atomic mass is 16.5. The third-order valence-corrected chi connectivity index (χ3v) is 7.00. The van der Waals surface area contributed by atoms with Crippen molar-refractivity contribution >= 4 is 16.8 Å². The maximum atomic E-state index is 13.4. The summed E-state index contributed by atoms with van der Waals surface area (Å²) in [5, 5.41) is 13.4. The summed E-state index contributed by atoms with van der Waals surface area (Å²) < 4.78 is 5.55. The topological polar surface area (TPSA) is 74.7 Å². The second kappa shape index (κ2) is 9.49. The van der Waals surface area contributed by atoms with Crippen LogP contribution in [0.3, 0.4) is 0 Å². The van der Waals surface area contributed by atoms with Gasteiger partial charge in [-0.05, 0) is 68.0 Å². The van der Waals surface area contributed by atoms with Crippen molar-refractivity contribution in [2.24, 2.45) is 11.8 Å². The number of aliphatic hydroxyl groups excluding tert-OH is 1. The lowest BCUT2D eigenvalue weighted by Gasteiger charge is -2.19. The van der Waals surface area contributed by atoms with E-state index in [1.807, 2.05) is 61.5 Å². The fourth-order valence-electron chi connectivity index (χ4n) is 5.50. The van der Waals surface area contributed by atoms with Crippen LogP contribution in [0.5, 0.6) is 5.75 Å². The number of nitrogens with zero attached hydrogens (tertiary/aromatic N) is 2. The summed E-state index contributed by atoms with van der Waals surface area (Å²) in [5.74, 6) is 2.01. The van der Waals surface area contributed by atoms with Crippen molar-refractivity contribution in [2.75, 3.05) is 32.8 Å². The van der Waals surface area contributed by atoms with E-state index in [1.54, 1.807) is 0 Å². The van der Waals surface area contributed by atoms with Crippen LogP contribution in [0.1, 0.15) is 30.1 Å². The van der Waals surface area contributed by atoms with E-state index in [2.05, 4.69) is 10.2 Å². The zero-order valence-electron chi connectivity index (χ0n) is 19.0. The number of ether oxygens (including phenoxy) is 1. The molecule has 2 aromatic carbocycles. The average molecular weight is 446 g/mol. The number of fused-ring (bicyclic) bond motifs is 2. The summed E-state index contributed by atoms with van der Waals surface area (Å²) in [6, 6.07) is 17.8. The minimum atomic E-state index is -0.0297. The van der Waals surface area contributed by atoms with Crippen LogP contribution in [0.4, 0.5) is 0 Å². The Morgan fingerprint density at radius 1 is 1.12 bits per heavy atom.